The van der Waals surface area contributed by atoms with E-state index >= 15 is 0 Å². The number of hydrogen-bond donors (Lipinski definition) is 1. The SMILES string of the molecule is CCC(C)C(C)NC(=O)c1ccc(Br)c([N+](=O)[O-])c1. The Kier molecular flexibility index (Phi) is 5.47. The fourth-order valence-corrected chi connectivity index (χ4v) is 1.97. The maximum absolute atomic E-state index is 12.0. The second-order valence-corrected chi connectivity index (χ2v) is 5.43. The third kappa shape index (κ3) is 4.02. The van der Waals surface area contributed by atoms with Gasteiger partial charge in [-0.2, -0.15) is 0 Å². The topological polar surface area (TPSA) is 72.2 Å². The summed E-state index contributed by atoms with van der Waals surface area (Å²) in [4.78, 5) is 22.3. The average molecular weight is 329 g/mol. The Morgan fingerprint density at radius 1 is 1.47 bits per heavy atom. The van der Waals surface area contributed by atoms with Gasteiger partial charge in [0.15, 0.2) is 0 Å². The van der Waals surface area contributed by atoms with E-state index in [1.54, 1.807) is 6.07 Å². The highest BCUT2D eigenvalue weighted by Crippen LogP contribution is 2.25. The number of nitrogens with zero attached hydrogens (tertiary/aromatic N) is 1. The Balaban J connectivity index is 2.89. The molecule has 0 fully saturated rings. The van der Waals surface area contributed by atoms with E-state index in [0.29, 0.717) is 16.0 Å². The van der Waals surface area contributed by atoms with Gasteiger partial charge < -0.3 is 5.32 Å². The van der Waals surface area contributed by atoms with Crippen LogP contribution in [0.5, 0.6) is 0 Å². The normalized spacial score (nSPS) is 13.7. The Bertz CT molecular complexity index is 491. The van der Waals surface area contributed by atoms with Crippen LogP contribution in [0, 0.1) is 16.0 Å². The lowest BCUT2D eigenvalue weighted by Crippen LogP contribution is -2.36. The second-order valence-electron chi connectivity index (χ2n) is 4.57. The number of carbonyl (C=O) groups is 1. The largest absolute Gasteiger partial charge is 0.349 e. The number of nitrogens with one attached hydrogen (secondary N) is 1. The van der Waals surface area contributed by atoms with Crippen LogP contribution in [0.25, 0.3) is 0 Å². The molecular formula is C13H17BrN2O3. The van der Waals surface area contributed by atoms with Crippen molar-refractivity contribution in [1.82, 2.24) is 5.32 Å². The molecule has 1 amide bonds. The molecule has 2 atom stereocenters. The lowest BCUT2D eigenvalue weighted by molar-refractivity contribution is -0.385. The molecule has 0 aliphatic rings. The quantitative estimate of drug-likeness (QED) is 0.663. The number of carbonyl (C=O) groups excluding carboxylic acids is 1. The van der Waals surface area contributed by atoms with Gasteiger partial charge >= 0.3 is 0 Å². The van der Waals surface area contributed by atoms with E-state index in [-0.39, 0.29) is 17.6 Å². The molecular weight excluding hydrogens is 312 g/mol. The molecule has 1 aromatic carbocycles. The zero-order valence-electron chi connectivity index (χ0n) is 11.1. The molecule has 0 saturated carbocycles. The van der Waals surface area contributed by atoms with Gasteiger partial charge in [0.2, 0.25) is 0 Å². The predicted molar refractivity (Wildman–Crippen MR) is 77.2 cm³/mol. The van der Waals surface area contributed by atoms with E-state index in [9.17, 15) is 14.9 Å². The van der Waals surface area contributed by atoms with Crippen molar-refractivity contribution in [2.75, 3.05) is 0 Å². The lowest BCUT2D eigenvalue weighted by atomic mass is 10.0. The maximum Gasteiger partial charge on any atom is 0.284 e. The molecule has 1 rings (SSSR count). The molecule has 0 radical (unpaired) electrons. The van der Waals surface area contributed by atoms with Crippen LogP contribution in [-0.2, 0) is 0 Å². The van der Waals surface area contributed by atoms with Crippen LogP contribution in [0.3, 0.4) is 0 Å². The van der Waals surface area contributed by atoms with Gasteiger partial charge in [-0.05, 0) is 40.9 Å². The minimum Gasteiger partial charge on any atom is -0.349 e. The summed E-state index contributed by atoms with van der Waals surface area (Å²) in [6.45, 7) is 6.03. The minimum absolute atomic E-state index is 0.0280. The highest BCUT2D eigenvalue weighted by Gasteiger charge is 2.18. The van der Waals surface area contributed by atoms with Crippen LogP contribution in [-0.4, -0.2) is 16.9 Å². The first-order valence-electron chi connectivity index (χ1n) is 6.11. The van der Waals surface area contributed by atoms with Crippen LogP contribution in [0.4, 0.5) is 5.69 Å². The Morgan fingerprint density at radius 2 is 2.11 bits per heavy atom. The Hall–Kier alpha value is -1.43. The molecule has 0 heterocycles. The molecule has 0 bridgehead atoms. The molecule has 104 valence electrons. The fourth-order valence-electron chi connectivity index (χ4n) is 1.58. The van der Waals surface area contributed by atoms with Crippen LogP contribution >= 0.6 is 15.9 Å². The molecule has 0 aliphatic carbocycles. The van der Waals surface area contributed by atoms with Crippen LogP contribution in [0.1, 0.15) is 37.6 Å². The standard InChI is InChI=1S/C13H17BrN2O3/c1-4-8(2)9(3)15-13(17)10-5-6-11(14)12(7-10)16(18)19/h5-9H,4H2,1-3H3,(H,15,17). The summed E-state index contributed by atoms with van der Waals surface area (Å²) < 4.78 is 0.365. The van der Waals surface area contributed by atoms with E-state index in [0.717, 1.165) is 6.42 Å². The van der Waals surface area contributed by atoms with Gasteiger partial charge in [0, 0.05) is 17.7 Å². The van der Waals surface area contributed by atoms with Crippen LogP contribution in [0.2, 0.25) is 0 Å². The van der Waals surface area contributed by atoms with Crippen molar-refractivity contribution in [3.05, 3.63) is 38.3 Å². The lowest BCUT2D eigenvalue weighted by Gasteiger charge is -2.19. The highest BCUT2D eigenvalue weighted by atomic mass is 79.9. The van der Waals surface area contributed by atoms with Crippen LogP contribution in [0.15, 0.2) is 22.7 Å². The van der Waals surface area contributed by atoms with Gasteiger partial charge in [-0.3, -0.25) is 14.9 Å². The number of benzene rings is 1. The van der Waals surface area contributed by atoms with Crippen molar-refractivity contribution in [1.29, 1.82) is 0 Å². The molecule has 6 heteroatoms. The summed E-state index contributed by atoms with van der Waals surface area (Å²) in [5, 5.41) is 13.7. The predicted octanol–water partition coefficient (Wildman–Crippen LogP) is 3.52. The first kappa shape index (κ1) is 15.6. The fraction of sp³-hybridized carbons (Fsp3) is 0.462. The van der Waals surface area contributed by atoms with Crippen molar-refractivity contribution in [3.63, 3.8) is 0 Å². The third-order valence-electron chi connectivity index (χ3n) is 3.26. The van der Waals surface area contributed by atoms with Gasteiger partial charge in [-0.1, -0.05) is 20.3 Å². The summed E-state index contributed by atoms with van der Waals surface area (Å²) in [7, 11) is 0. The number of halogens is 1. The first-order chi connectivity index (χ1) is 8.86. The summed E-state index contributed by atoms with van der Waals surface area (Å²) >= 11 is 3.09. The molecule has 5 nitrogen and oxygen atoms in total. The smallest absolute Gasteiger partial charge is 0.284 e. The summed E-state index contributed by atoms with van der Waals surface area (Å²) in [5.74, 6) is 0.0674. The van der Waals surface area contributed by atoms with E-state index in [4.69, 9.17) is 0 Å². The summed E-state index contributed by atoms with van der Waals surface area (Å²) in [6.07, 6.45) is 0.960. The zero-order valence-corrected chi connectivity index (χ0v) is 12.7. The van der Waals surface area contributed by atoms with E-state index in [2.05, 4.69) is 35.1 Å². The van der Waals surface area contributed by atoms with Gasteiger partial charge in [0.25, 0.3) is 11.6 Å². The number of hydrogen-bond acceptors (Lipinski definition) is 3. The molecule has 2 unspecified atom stereocenters. The van der Waals surface area contributed by atoms with Gasteiger partial charge in [-0.15, -0.1) is 0 Å². The van der Waals surface area contributed by atoms with Crippen molar-refractivity contribution in [3.8, 4) is 0 Å². The van der Waals surface area contributed by atoms with Gasteiger partial charge in [0.1, 0.15) is 0 Å². The Morgan fingerprint density at radius 3 is 2.63 bits per heavy atom. The van der Waals surface area contributed by atoms with Gasteiger partial charge in [-0.25, -0.2) is 0 Å². The van der Waals surface area contributed by atoms with E-state index in [1.807, 2.05) is 6.92 Å². The van der Waals surface area contributed by atoms with Crippen molar-refractivity contribution < 1.29 is 9.72 Å². The molecule has 1 N–H and O–H groups in total. The highest BCUT2D eigenvalue weighted by molar-refractivity contribution is 9.10. The molecule has 1 aromatic rings. The average Bonchev–Trinajstić information content (AvgIpc) is 2.37. The molecule has 0 aromatic heterocycles. The number of nitro benzene ring substituents is 1. The minimum atomic E-state index is -0.515. The van der Waals surface area contributed by atoms with Crippen LogP contribution < -0.4 is 5.32 Å². The third-order valence-corrected chi connectivity index (χ3v) is 3.93. The van der Waals surface area contributed by atoms with E-state index < -0.39 is 4.92 Å². The molecule has 0 spiro atoms. The zero-order chi connectivity index (χ0) is 14.6. The number of nitro groups is 1. The summed E-state index contributed by atoms with van der Waals surface area (Å²) in [6, 6.07) is 4.39. The van der Waals surface area contributed by atoms with Crippen molar-refractivity contribution in [2.24, 2.45) is 5.92 Å². The second kappa shape index (κ2) is 6.65. The van der Waals surface area contributed by atoms with Crippen molar-refractivity contribution in [2.45, 2.75) is 33.2 Å². The molecule has 0 aliphatic heterocycles. The van der Waals surface area contributed by atoms with E-state index in [1.165, 1.54) is 12.1 Å². The van der Waals surface area contributed by atoms with Gasteiger partial charge in [0.05, 0.1) is 9.40 Å². The number of rotatable bonds is 5. The van der Waals surface area contributed by atoms with Crippen molar-refractivity contribution >= 4 is 27.5 Å². The molecule has 0 saturated heterocycles. The first-order valence-corrected chi connectivity index (χ1v) is 6.90. The Labute approximate surface area is 120 Å². The monoisotopic (exact) mass is 328 g/mol. The number of amides is 1. The summed E-state index contributed by atoms with van der Waals surface area (Å²) in [5.41, 5.74) is 0.189. The molecule has 19 heavy (non-hydrogen) atoms. The maximum atomic E-state index is 12.0.